The molecule has 7 nitrogen and oxygen atoms in total. The van der Waals surface area contributed by atoms with Gasteiger partial charge in [-0.1, -0.05) is 11.6 Å². The van der Waals surface area contributed by atoms with E-state index in [4.69, 9.17) is 11.6 Å². The van der Waals surface area contributed by atoms with Gasteiger partial charge >= 0.3 is 0 Å². The molecule has 1 fully saturated rings. The van der Waals surface area contributed by atoms with Crippen LogP contribution in [-0.4, -0.2) is 56.7 Å². The number of rotatable bonds is 3. The summed E-state index contributed by atoms with van der Waals surface area (Å²) in [5.41, 5.74) is 1.35. The Bertz CT molecular complexity index is 916. The third-order valence-corrected chi connectivity index (χ3v) is 5.58. The Kier molecular flexibility index (Phi) is 4.60. The second-order valence-electron chi connectivity index (χ2n) is 5.97. The van der Waals surface area contributed by atoms with Crippen LogP contribution in [0.1, 0.15) is 10.5 Å². The van der Waals surface area contributed by atoms with E-state index in [0.717, 1.165) is 10.6 Å². The van der Waals surface area contributed by atoms with Crippen molar-refractivity contribution in [3.63, 3.8) is 0 Å². The molecule has 9 heteroatoms. The Hall–Kier alpha value is -2.45. The van der Waals surface area contributed by atoms with Crippen LogP contribution in [0.5, 0.6) is 0 Å². The smallest absolute Gasteiger partial charge is 0.274 e. The number of aryl methyl sites for hydroxylation is 1. The van der Waals surface area contributed by atoms with E-state index >= 15 is 0 Å². The van der Waals surface area contributed by atoms with Crippen molar-refractivity contribution in [2.75, 3.05) is 31.1 Å². The lowest BCUT2D eigenvalue weighted by Crippen LogP contribution is -2.49. The normalized spacial score (nSPS) is 14.7. The maximum Gasteiger partial charge on any atom is 0.274 e. The lowest BCUT2D eigenvalue weighted by molar-refractivity contribution is 0.0739. The number of piperazine rings is 1. The minimum atomic E-state index is -0.0527. The van der Waals surface area contributed by atoms with Crippen LogP contribution < -0.4 is 4.90 Å². The average molecular weight is 389 g/mol. The molecule has 0 unspecified atom stereocenters. The van der Waals surface area contributed by atoms with Gasteiger partial charge in [-0.25, -0.2) is 9.97 Å². The van der Waals surface area contributed by atoms with Crippen molar-refractivity contribution in [2.45, 2.75) is 0 Å². The van der Waals surface area contributed by atoms with Crippen molar-refractivity contribution in [3.05, 3.63) is 46.7 Å². The quantitative estimate of drug-likeness (QED) is 0.689. The molecule has 0 saturated carbocycles. The van der Waals surface area contributed by atoms with E-state index in [0.29, 0.717) is 42.2 Å². The fourth-order valence-corrected chi connectivity index (χ4v) is 4.07. The van der Waals surface area contributed by atoms with Crippen LogP contribution in [0.3, 0.4) is 0 Å². The Morgan fingerprint density at radius 3 is 2.54 bits per heavy atom. The predicted octanol–water partition coefficient (Wildman–Crippen LogP) is 2.55. The summed E-state index contributed by atoms with van der Waals surface area (Å²) >= 11 is 7.49. The molecule has 0 aliphatic carbocycles. The zero-order chi connectivity index (χ0) is 18.1. The monoisotopic (exact) mass is 388 g/mol. The van der Waals surface area contributed by atoms with Crippen LogP contribution in [0.15, 0.2) is 36.7 Å². The van der Waals surface area contributed by atoms with Crippen molar-refractivity contribution >= 4 is 34.8 Å². The summed E-state index contributed by atoms with van der Waals surface area (Å²) in [7, 11) is 1.84. The molecular weight excluding hydrogens is 372 g/mol. The molecule has 0 N–H and O–H groups in total. The van der Waals surface area contributed by atoms with Crippen molar-refractivity contribution in [2.24, 2.45) is 7.05 Å². The summed E-state index contributed by atoms with van der Waals surface area (Å²) < 4.78 is 2.44. The SMILES string of the molecule is Cn1nc(C(=O)N2CCN(c3ncccn3)CC2)cc1-c1ccc(Cl)s1. The third kappa shape index (κ3) is 3.30. The van der Waals surface area contributed by atoms with Crippen molar-refractivity contribution in [1.29, 1.82) is 0 Å². The molecule has 0 radical (unpaired) electrons. The van der Waals surface area contributed by atoms with Gasteiger partial charge in [0.05, 0.1) is 14.9 Å². The maximum atomic E-state index is 12.8. The highest BCUT2D eigenvalue weighted by Gasteiger charge is 2.25. The van der Waals surface area contributed by atoms with Crippen LogP contribution in [-0.2, 0) is 7.05 Å². The molecule has 3 aromatic rings. The Morgan fingerprint density at radius 2 is 1.88 bits per heavy atom. The minimum absolute atomic E-state index is 0.0527. The fourth-order valence-electron chi connectivity index (χ4n) is 2.98. The Morgan fingerprint density at radius 1 is 1.15 bits per heavy atom. The van der Waals surface area contributed by atoms with Gasteiger partial charge in [-0.2, -0.15) is 5.10 Å². The molecule has 4 heterocycles. The van der Waals surface area contributed by atoms with Gasteiger partial charge in [-0.15, -0.1) is 11.3 Å². The topological polar surface area (TPSA) is 67.2 Å². The van der Waals surface area contributed by atoms with Gasteiger partial charge in [0.15, 0.2) is 5.69 Å². The van der Waals surface area contributed by atoms with E-state index in [1.807, 2.05) is 30.1 Å². The number of carbonyl (C=O) groups excluding carboxylic acids is 1. The molecular formula is C17H17ClN6OS. The van der Waals surface area contributed by atoms with Crippen LogP contribution in [0.2, 0.25) is 4.34 Å². The average Bonchev–Trinajstić information content (AvgIpc) is 3.27. The number of hydrogen-bond donors (Lipinski definition) is 0. The first-order chi connectivity index (χ1) is 12.6. The second kappa shape index (κ2) is 7.05. The number of halogens is 1. The number of anilines is 1. The van der Waals surface area contributed by atoms with Gasteiger partial charge in [-0.3, -0.25) is 9.48 Å². The standard InChI is InChI=1S/C17H17ClN6OS/c1-22-13(14-3-4-15(18)26-14)11-12(21-22)16(25)23-7-9-24(10-8-23)17-19-5-2-6-20-17/h2-6,11H,7-10H2,1H3. The van der Waals surface area contributed by atoms with Crippen LogP contribution in [0, 0.1) is 0 Å². The van der Waals surface area contributed by atoms with E-state index in [1.165, 1.54) is 11.3 Å². The maximum absolute atomic E-state index is 12.8. The highest BCUT2D eigenvalue weighted by atomic mass is 35.5. The highest BCUT2D eigenvalue weighted by molar-refractivity contribution is 7.19. The number of amides is 1. The van der Waals surface area contributed by atoms with E-state index in [9.17, 15) is 4.79 Å². The van der Waals surface area contributed by atoms with Gasteiger partial charge in [0.25, 0.3) is 5.91 Å². The number of carbonyl (C=O) groups is 1. The molecule has 1 aliphatic rings. The summed E-state index contributed by atoms with van der Waals surface area (Å²) in [5.74, 6) is 0.650. The summed E-state index contributed by atoms with van der Waals surface area (Å²) in [6.45, 7) is 2.65. The number of aromatic nitrogens is 4. The zero-order valence-corrected chi connectivity index (χ0v) is 15.7. The molecule has 1 amide bonds. The van der Waals surface area contributed by atoms with Crippen LogP contribution >= 0.6 is 22.9 Å². The Labute approximate surface area is 159 Å². The molecule has 4 rings (SSSR count). The molecule has 0 bridgehead atoms. The molecule has 0 spiro atoms. The summed E-state index contributed by atoms with van der Waals surface area (Å²) in [6.07, 6.45) is 3.46. The number of thiophene rings is 1. The molecule has 134 valence electrons. The summed E-state index contributed by atoms with van der Waals surface area (Å²) in [6, 6.07) is 7.41. The van der Waals surface area contributed by atoms with Crippen LogP contribution in [0.25, 0.3) is 10.6 Å². The van der Waals surface area contributed by atoms with Gasteiger partial charge < -0.3 is 9.80 Å². The molecule has 1 aliphatic heterocycles. The van der Waals surface area contributed by atoms with E-state index < -0.39 is 0 Å². The van der Waals surface area contributed by atoms with Gasteiger partial charge in [-0.05, 0) is 24.3 Å². The number of nitrogens with zero attached hydrogens (tertiary/aromatic N) is 6. The minimum Gasteiger partial charge on any atom is -0.337 e. The predicted molar refractivity (Wildman–Crippen MR) is 102 cm³/mol. The van der Waals surface area contributed by atoms with Gasteiger partial charge in [0.2, 0.25) is 5.95 Å². The molecule has 0 atom stereocenters. The van der Waals surface area contributed by atoms with E-state index in [-0.39, 0.29) is 5.91 Å². The van der Waals surface area contributed by atoms with E-state index in [2.05, 4.69) is 20.0 Å². The van der Waals surface area contributed by atoms with Crippen LogP contribution in [0.4, 0.5) is 5.95 Å². The van der Waals surface area contributed by atoms with Crippen molar-refractivity contribution < 1.29 is 4.79 Å². The molecule has 3 aromatic heterocycles. The number of hydrogen-bond acceptors (Lipinski definition) is 6. The zero-order valence-electron chi connectivity index (χ0n) is 14.2. The largest absolute Gasteiger partial charge is 0.337 e. The van der Waals surface area contributed by atoms with Gasteiger partial charge in [0, 0.05) is 45.6 Å². The fraction of sp³-hybridized carbons (Fsp3) is 0.294. The first kappa shape index (κ1) is 17.0. The second-order valence-corrected chi connectivity index (χ2v) is 7.69. The molecule has 26 heavy (non-hydrogen) atoms. The summed E-state index contributed by atoms with van der Waals surface area (Å²) in [5, 5.41) is 4.40. The van der Waals surface area contributed by atoms with E-state index in [1.54, 1.807) is 23.1 Å². The first-order valence-corrected chi connectivity index (χ1v) is 9.42. The lowest BCUT2D eigenvalue weighted by atomic mass is 10.2. The van der Waals surface area contributed by atoms with Crippen molar-refractivity contribution in [3.8, 4) is 10.6 Å². The first-order valence-electron chi connectivity index (χ1n) is 8.23. The van der Waals surface area contributed by atoms with Crippen molar-refractivity contribution in [1.82, 2.24) is 24.6 Å². The Balaban J connectivity index is 1.46. The van der Waals surface area contributed by atoms with Gasteiger partial charge in [0.1, 0.15) is 0 Å². The third-order valence-electron chi connectivity index (χ3n) is 4.33. The molecule has 1 saturated heterocycles. The highest BCUT2D eigenvalue weighted by Crippen LogP contribution is 2.31. The lowest BCUT2D eigenvalue weighted by Gasteiger charge is -2.34. The molecule has 0 aromatic carbocycles. The summed E-state index contributed by atoms with van der Waals surface area (Å²) in [4.78, 5) is 26.3.